The molecule has 0 saturated carbocycles. The number of quaternary nitrogens is 1. The van der Waals surface area contributed by atoms with Crippen LogP contribution in [0.5, 0.6) is 0 Å². The van der Waals surface area contributed by atoms with Crippen LogP contribution in [0.2, 0.25) is 0 Å². The minimum atomic E-state index is -1.37. The van der Waals surface area contributed by atoms with E-state index < -0.39 is 17.7 Å². The highest BCUT2D eigenvalue weighted by Crippen LogP contribution is 2.23. The largest absolute Gasteiger partial charge is 0.477 e. The quantitative estimate of drug-likeness (QED) is 0.0268. The number of allylic oxidation sites excluding steroid dienone is 8. The number of carbonyl (C=O) groups is 3. The van der Waals surface area contributed by atoms with Crippen molar-refractivity contribution in [3.8, 4) is 0 Å². The molecule has 0 aliphatic rings. The van der Waals surface area contributed by atoms with Gasteiger partial charge in [-0.1, -0.05) is 134 Å². The monoisotopic (exact) mass is 715 g/mol. The van der Waals surface area contributed by atoms with Crippen molar-refractivity contribution in [2.24, 2.45) is 0 Å². The lowest BCUT2D eigenvalue weighted by molar-refractivity contribution is -0.892. The maximum Gasteiger partial charge on any atom is 0.367 e. The number of likely N-dealkylation sites (N-methyl/N-ethyl adjacent to an activating group) is 1. The van der Waals surface area contributed by atoms with E-state index in [4.69, 9.17) is 0 Å². The Hall–Kier alpha value is -2.67. The molecule has 7 heteroatoms. The molecule has 1 unspecified atom stereocenters. The topological polar surface area (TPSA) is 95.5 Å². The third kappa shape index (κ3) is 26.7. The Bertz CT molecular complexity index is 948. The maximum atomic E-state index is 13.2. The number of carboxylic acids is 1. The van der Waals surface area contributed by atoms with Crippen molar-refractivity contribution in [2.45, 2.75) is 193 Å². The Labute approximate surface area is 314 Å². The van der Waals surface area contributed by atoms with Crippen LogP contribution in [0.3, 0.4) is 0 Å². The van der Waals surface area contributed by atoms with E-state index in [1.807, 2.05) is 6.92 Å². The molecule has 51 heavy (non-hydrogen) atoms. The van der Waals surface area contributed by atoms with Gasteiger partial charge in [0.25, 0.3) is 0 Å². The number of carboxylic acid groups (broad SMARTS) is 1. The number of hydrogen-bond donors (Lipinski definition) is 3. The molecule has 0 spiro atoms. The Balaban J connectivity index is 4.64. The van der Waals surface area contributed by atoms with Gasteiger partial charge in [-0.25, -0.2) is 4.79 Å². The van der Waals surface area contributed by atoms with Crippen LogP contribution >= 0.6 is 0 Å². The smallest absolute Gasteiger partial charge is 0.367 e. The summed E-state index contributed by atoms with van der Waals surface area (Å²) in [6, 6.07) is -1.04. The number of aliphatic carboxylic acids is 1. The second-order valence-corrected chi connectivity index (χ2v) is 15.2. The SMILES string of the molecule is CCCCCC=CCC=CCCCCCCCC(=O)NC(CC)(NC(=O)CCCCCCCC=CCC=CCCCCC)C(C(=O)O)[N+](C)(C)C. The number of nitrogens with one attached hydrogen (secondary N) is 2. The molecule has 0 aliphatic carbocycles. The first-order valence-electron chi connectivity index (χ1n) is 20.8. The van der Waals surface area contributed by atoms with Crippen LogP contribution in [-0.4, -0.2) is 60.2 Å². The first-order chi connectivity index (χ1) is 24.5. The first-order valence-corrected chi connectivity index (χ1v) is 20.8. The average Bonchev–Trinajstić information content (AvgIpc) is 3.07. The molecular formula is C44H80N3O4+. The lowest BCUT2D eigenvalue weighted by Crippen LogP contribution is -2.75. The van der Waals surface area contributed by atoms with Gasteiger partial charge in [0.2, 0.25) is 17.9 Å². The summed E-state index contributed by atoms with van der Waals surface area (Å²) in [4.78, 5) is 39.0. The van der Waals surface area contributed by atoms with E-state index in [2.05, 4.69) is 73.1 Å². The van der Waals surface area contributed by atoms with Crippen LogP contribution in [0.15, 0.2) is 48.6 Å². The third-order valence-electron chi connectivity index (χ3n) is 9.47. The predicted molar refractivity (Wildman–Crippen MR) is 217 cm³/mol. The molecule has 1 atom stereocenters. The summed E-state index contributed by atoms with van der Waals surface area (Å²) in [7, 11) is 5.38. The van der Waals surface area contributed by atoms with Crippen LogP contribution in [0.25, 0.3) is 0 Å². The molecule has 0 heterocycles. The summed E-state index contributed by atoms with van der Waals surface area (Å²) in [5.74, 6) is -1.46. The number of rotatable bonds is 34. The summed E-state index contributed by atoms with van der Waals surface area (Å²) in [5.41, 5.74) is -1.37. The second kappa shape index (κ2) is 32.0. The highest BCUT2D eigenvalue weighted by Gasteiger charge is 2.52. The third-order valence-corrected chi connectivity index (χ3v) is 9.47. The molecule has 0 aromatic carbocycles. The van der Waals surface area contributed by atoms with E-state index >= 15 is 0 Å². The van der Waals surface area contributed by atoms with E-state index in [9.17, 15) is 19.5 Å². The van der Waals surface area contributed by atoms with Crippen molar-refractivity contribution in [3.63, 3.8) is 0 Å². The standard InChI is InChI=1S/C44H79N3O4/c1-7-10-12-14-16-18-20-22-24-26-28-30-32-34-36-38-40(48)45-44(9-3,42(43(50)51)47(4,5)6)46-41(49)39-37-35-33-31-29-27-25-23-21-19-17-15-13-11-8-2/h16-19,22-25,42H,7-15,20-21,26-39H2,1-6H3,(H2-,45,46,48,49,50,51)/p+1. The summed E-state index contributed by atoms with van der Waals surface area (Å²) in [5, 5.41) is 16.3. The van der Waals surface area contributed by atoms with Crippen molar-refractivity contribution in [3.05, 3.63) is 48.6 Å². The van der Waals surface area contributed by atoms with Gasteiger partial charge in [-0.2, -0.15) is 0 Å². The lowest BCUT2D eigenvalue weighted by Gasteiger charge is -2.45. The number of carbonyl (C=O) groups excluding carboxylic acids is 2. The minimum absolute atomic E-state index is 0.0666. The molecule has 294 valence electrons. The first kappa shape index (κ1) is 48.3. The fourth-order valence-corrected chi connectivity index (χ4v) is 6.56. The van der Waals surface area contributed by atoms with E-state index in [0.29, 0.717) is 12.8 Å². The zero-order chi connectivity index (χ0) is 38.1. The Morgan fingerprint density at radius 2 is 0.863 bits per heavy atom. The lowest BCUT2D eigenvalue weighted by atomic mass is 9.93. The Morgan fingerprint density at radius 1 is 0.529 bits per heavy atom. The van der Waals surface area contributed by atoms with E-state index in [1.165, 1.54) is 51.4 Å². The fraction of sp³-hybridized carbons (Fsp3) is 0.750. The van der Waals surface area contributed by atoms with Crippen molar-refractivity contribution in [1.29, 1.82) is 0 Å². The van der Waals surface area contributed by atoms with Crippen LogP contribution < -0.4 is 10.6 Å². The Morgan fingerprint density at radius 3 is 1.18 bits per heavy atom. The summed E-state index contributed by atoms with van der Waals surface area (Å²) in [6.07, 6.45) is 43.4. The molecule has 0 radical (unpaired) electrons. The molecule has 0 aromatic rings. The second-order valence-electron chi connectivity index (χ2n) is 15.2. The fourth-order valence-electron chi connectivity index (χ4n) is 6.56. The average molecular weight is 715 g/mol. The minimum Gasteiger partial charge on any atom is -0.477 e. The summed E-state index contributed by atoms with van der Waals surface area (Å²) in [6.45, 7) is 6.30. The van der Waals surface area contributed by atoms with Gasteiger partial charge >= 0.3 is 5.97 Å². The predicted octanol–water partition coefficient (Wildman–Crippen LogP) is 11.1. The molecule has 0 saturated heterocycles. The van der Waals surface area contributed by atoms with Crippen molar-refractivity contribution in [2.75, 3.05) is 21.1 Å². The number of hydrogen-bond acceptors (Lipinski definition) is 3. The van der Waals surface area contributed by atoms with Crippen LogP contribution in [0.4, 0.5) is 0 Å². The molecule has 0 bridgehead atoms. The van der Waals surface area contributed by atoms with Gasteiger partial charge < -0.3 is 20.2 Å². The van der Waals surface area contributed by atoms with E-state index in [-0.39, 0.29) is 22.7 Å². The number of unbranched alkanes of at least 4 members (excludes halogenated alkanes) is 16. The van der Waals surface area contributed by atoms with Gasteiger partial charge in [-0.15, -0.1) is 0 Å². The van der Waals surface area contributed by atoms with Crippen molar-refractivity contribution in [1.82, 2.24) is 10.6 Å². The molecule has 0 rings (SSSR count). The molecule has 0 fully saturated rings. The van der Waals surface area contributed by atoms with Gasteiger partial charge in [-0.05, 0) is 83.5 Å². The number of nitrogens with zero attached hydrogens (tertiary/aromatic N) is 1. The highest BCUT2D eigenvalue weighted by atomic mass is 16.4. The van der Waals surface area contributed by atoms with Crippen LogP contribution in [-0.2, 0) is 14.4 Å². The van der Waals surface area contributed by atoms with Gasteiger partial charge in [0.05, 0.1) is 21.1 Å². The van der Waals surface area contributed by atoms with Crippen molar-refractivity contribution < 1.29 is 24.0 Å². The molecule has 0 aromatic heterocycles. The highest BCUT2D eigenvalue weighted by molar-refractivity contribution is 5.83. The molecular weight excluding hydrogens is 635 g/mol. The zero-order valence-corrected chi connectivity index (χ0v) is 34.0. The molecule has 3 N–H and O–H groups in total. The number of amides is 2. The summed E-state index contributed by atoms with van der Waals surface area (Å²) < 4.78 is 0.0666. The van der Waals surface area contributed by atoms with Crippen molar-refractivity contribution >= 4 is 17.8 Å². The molecule has 7 nitrogen and oxygen atoms in total. The normalized spacial score (nSPS) is 14.2. The zero-order valence-electron chi connectivity index (χ0n) is 34.0. The summed E-state index contributed by atoms with van der Waals surface area (Å²) >= 11 is 0. The molecule has 0 aliphatic heterocycles. The van der Waals surface area contributed by atoms with Crippen LogP contribution in [0, 0.1) is 0 Å². The van der Waals surface area contributed by atoms with Gasteiger partial charge in [0.1, 0.15) is 0 Å². The van der Waals surface area contributed by atoms with Gasteiger partial charge in [0, 0.05) is 12.8 Å². The van der Waals surface area contributed by atoms with Gasteiger partial charge in [-0.3, -0.25) is 9.59 Å². The van der Waals surface area contributed by atoms with Gasteiger partial charge in [0.15, 0.2) is 5.66 Å². The Kier molecular flexibility index (Phi) is 30.3. The van der Waals surface area contributed by atoms with E-state index in [0.717, 1.165) is 89.9 Å². The molecule has 2 amide bonds. The van der Waals surface area contributed by atoms with E-state index in [1.54, 1.807) is 21.1 Å². The van der Waals surface area contributed by atoms with Crippen LogP contribution in [0.1, 0.15) is 181 Å². The maximum absolute atomic E-state index is 13.2.